The minimum Gasteiger partial charge on any atom is -0.290 e. The van der Waals surface area contributed by atoms with Crippen molar-refractivity contribution in [3.8, 4) is 0 Å². The molecule has 1 atom stereocenters. The Kier molecular flexibility index (Phi) is 4.70. The monoisotopic (exact) mass is 304 g/mol. The summed E-state index contributed by atoms with van der Waals surface area (Å²) in [5, 5.41) is 7.85. The third-order valence-corrected chi connectivity index (χ3v) is 5.14. The number of aryl methyl sites for hydroxylation is 2. The Bertz CT molecular complexity index is 574. The van der Waals surface area contributed by atoms with Gasteiger partial charge >= 0.3 is 0 Å². The van der Waals surface area contributed by atoms with E-state index in [0.29, 0.717) is 6.04 Å². The molecule has 0 aromatic carbocycles. The Balaban J connectivity index is 1.64. The van der Waals surface area contributed by atoms with Crippen LogP contribution in [0.25, 0.3) is 0 Å². The summed E-state index contributed by atoms with van der Waals surface area (Å²) in [5.41, 5.74) is 2.58. The van der Waals surface area contributed by atoms with Gasteiger partial charge < -0.3 is 0 Å². The summed E-state index contributed by atoms with van der Waals surface area (Å²) in [5.74, 6) is 0. The van der Waals surface area contributed by atoms with E-state index in [1.54, 1.807) is 0 Å². The predicted octanol–water partition coefficient (Wildman–Crippen LogP) is 3.56. The first kappa shape index (κ1) is 14.7. The predicted molar refractivity (Wildman–Crippen MR) is 86.3 cm³/mol. The zero-order chi connectivity index (χ0) is 14.7. The van der Waals surface area contributed by atoms with Gasteiger partial charge in [0.05, 0.1) is 16.9 Å². The van der Waals surface area contributed by atoms with Crippen molar-refractivity contribution in [2.45, 2.75) is 51.6 Å². The molecule has 0 aliphatic carbocycles. The van der Waals surface area contributed by atoms with Gasteiger partial charge in [0, 0.05) is 36.8 Å². The molecule has 1 saturated heterocycles. The summed E-state index contributed by atoms with van der Waals surface area (Å²) in [6.07, 6.45) is 10.3. The van der Waals surface area contributed by atoms with E-state index in [4.69, 9.17) is 4.98 Å². The molecule has 0 bridgehead atoms. The Morgan fingerprint density at radius 2 is 2.33 bits per heavy atom. The molecule has 0 saturated carbocycles. The number of hydrogen-bond donors (Lipinski definition) is 0. The maximum atomic E-state index is 4.80. The van der Waals surface area contributed by atoms with Crippen molar-refractivity contribution >= 4 is 11.3 Å². The second-order valence-corrected chi connectivity index (χ2v) is 6.85. The fraction of sp³-hybridized carbons (Fsp3) is 0.625. The first-order chi connectivity index (χ1) is 10.3. The summed E-state index contributed by atoms with van der Waals surface area (Å²) in [4.78, 5) is 7.35. The van der Waals surface area contributed by atoms with Gasteiger partial charge in [0.1, 0.15) is 0 Å². The number of hydrogen-bond acceptors (Lipinski definition) is 4. The van der Waals surface area contributed by atoms with Crippen molar-refractivity contribution < 1.29 is 0 Å². The molecule has 0 spiro atoms. The van der Waals surface area contributed by atoms with Crippen molar-refractivity contribution in [3.05, 3.63) is 34.0 Å². The molecule has 1 aliphatic rings. The molecule has 0 amide bonds. The Morgan fingerprint density at radius 1 is 1.43 bits per heavy atom. The van der Waals surface area contributed by atoms with E-state index in [2.05, 4.69) is 28.5 Å². The molecule has 0 N–H and O–H groups in total. The van der Waals surface area contributed by atoms with Crippen LogP contribution in [0.4, 0.5) is 0 Å². The molecule has 3 heterocycles. The van der Waals surface area contributed by atoms with Gasteiger partial charge in [-0.25, -0.2) is 4.98 Å². The van der Waals surface area contributed by atoms with Crippen LogP contribution >= 0.6 is 11.3 Å². The quantitative estimate of drug-likeness (QED) is 0.818. The van der Waals surface area contributed by atoms with E-state index >= 15 is 0 Å². The SMILES string of the molecule is CCCCc1nc(CN2CCC[C@@H]2c2cnn(C)c2)cs1. The Labute approximate surface area is 130 Å². The molecular formula is C16H24N4S. The maximum Gasteiger partial charge on any atom is 0.0928 e. The largest absolute Gasteiger partial charge is 0.290 e. The second kappa shape index (κ2) is 6.71. The van der Waals surface area contributed by atoms with Gasteiger partial charge in [-0.1, -0.05) is 13.3 Å². The van der Waals surface area contributed by atoms with Crippen LogP contribution in [0.1, 0.15) is 54.9 Å². The van der Waals surface area contributed by atoms with E-state index in [1.165, 1.54) is 48.5 Å². The van der Waals surface area contributed by atoms with Crippen molar-refractivity contribution in [1.82, 2.24) is 19.7 Å². The number of rotatable bonds is 6. The second-order valence-electron chi connectivity index (χ2n) is 5.91. The number of aromatic nitrogens is 3. The van der Waals surface area contributed by atoms with Gasteiger partial charge in [0.25, 0.3) is 0 Å². The minimum atomic E-state index is 0.513. The van der Waals surface area contributed by atoms with Gasteiger partial charge in [0.2, 0.25) is 0 Å². The minimum absolute atomic E-state index is 0.513. The van der Waals surface area contributed by atoms with Crippen molar-refractivity contribution in [2.24, 2.45) is 7.05 Å². The highest BCUT2D eigenvalue weighted by Gasteiger charge is 2.27. The Morgan fingerprint density at radius 3 is 3.10 bits per heavy atom. The van der Waals surface area contributed by atoms with Crippen LogP contribution in [-0.2, 0) is 20.0 Å². The van der Waals surface area contributed by atoms with Crippen molar-refractivity contribution in [3.63, 3.8) is 0 Å². The number of nitrogens with zero attached hydrogens (tertiary/aromatic N) is 4. The van der Waals surface area contributed by atoms with Crippen LogP contribution in [0.2, 0.25) is 0 Å². The molecular weight excluding hydrogens is 280 g/mol. The average Bonchev–Trinajstić information content (AvgIpc) is 3.18. The molecule has 5 heteroatoms. The maximum absolute atomic E-state index is 4.80. The molecule has 2 aromatic rings. The van der Waals surface area contributed by atoms with Crippen LogP contribution in [0.3, 0.4) is 0 Å². The topological polar surface area (TPSA) is 34.0 Å². The highest BCUT2D eigenvalue weighted by molar-refractivity contribution is 7.09. The van der Waals surface area contributed by atoms with E-state index in [1.807, 2.05) is 29.3 Å². The zero-order valence-corrected chi connectivity index (χ0v) is 13.8. The fourth-order valence-corrected chi connectivity index (χ4v) is 3.91. The van der Waals surface area contributed by atoms with Crippen LogP contribution in [0.15, 0.2) is 17.8 Å². The van der Waals surface area contributed by atoms with Crippen molar-refractivity contribution in [2.75, 3.05) is 6.54 Å². The number of unbranched alkanes of at least 4 members (excludes halogenated alkanes) is 1. The number of thiazole rings is 1. The summed E-state index contributed by atoms with van der Waals surface area (Å²) >= 11 is 1.82. The standard InChI is InChI=1S/C16H24N4S/c1-3-4-7-16-18-14(12-21-16)11-20-8-5-6-15(20)13-9-17-19(2)10-13/h9-10,12,15H,3-8,11H2,1-2H3/t15-/m1/s1. The first-order valence-electron chi connectivity index (χ1n) is 7.92. The third kappa shape index (κ3) is 3.52. The van der Waals surface area contributed by atoms with Crippen LogP contribution in [0, 0.1) is 0 Å². The highest BCUT2D eigenvalue weighted by Crippen LogP contribution is 2.32. The highest BCUT2D eigenvalue weighted by atomic mass is 32.1. The summed E-state index contributed by atoms with van der Waals surface area (Å²) in [6, 6.07) is 0.513. The van der Waals surface area contributed by atoms with E-state index < -0.39 is 0 Å². The molecule has 114 valence electrons. The number of likely N-dealkylation sites (tertiary alicyclic amines) is 1. The summed E-state index contributed by atoms with van der Waals surface area (Å²) < 4.78 is 1.90. The van der Waals surface area contributed by atoms with E-state index in [-0.39, 0.29) is 0 Å². The van der Waals surface area contributed by atoms with Crippen LogP contribution in [0.5, 0.6) is 0 Å². The molecule has 1 fully saturated rings. The Hall–Kier alpha value is -1.20. The molecule has 0 radical (unpaired) electrons. The zero-order valence-electron chi connectivity index (χ0n) is 13.0. The lowest BCUT2D eigenvalue weighted by Gasteiger charge is -2.22. The van der Waals surface area contributed by atoms with Gasteiger partial charge in [-0.05, 0) is 32.2 Å². The lowest BCUT2D eigenvalue weighted by atomic mass is 10.1. The van der Waals surface area contributed by atoms with E-state index in [0.717, 1.165) is 13.0 Å². The third-order valence-electron chi connectivity index (χ3n) is 4.18. The molecule has 2 aromatic heterocycles. The summed E-state index contributed by atoms with van der Waals surface area (Å²) in [6.45, 7) is 4.38. The lowest BCUT2D eigenvalue weighted by molar-refractivity contribution is 0.246. The summed E-state index contributed by atoms with van der Waals surface area (Å²) in [7, 11) is 1.99. The lowest BCUT2D eigenvalue weighted by Crippen LogP contribution is -2.22. The molecule has 21 heavy (non-hydrogen) atoms. The normalized spacial score (nSPS) is 19.4. The van der Waals surface area contributed by atoms with Gasteiger partial charge in [-0.3, -0.25) is 9.58 Å². The van der Waals surface area contributed by atoms with Gasteiger partial charge in [-0.15, -0.1) is 11.3 Å². The van der Waals surface area contributed by atoms with Gasteiger partial charge in [-0.2, -0.15) is 5.10 Å². The molecule has 3 rings (SSSR count). The van der Waals surface area contributed by atoms with Crippen molar-refractivity contribution in [1.29, 1.82) is 0 Å². The van der Waals surface area contributed by atoms with E-state index in [9.17, 15) is 0 Å². The van der Waals surface area contributed by atoms with Gasteiger partial charge in [0.15, 0.2) is 0 Å². The average molecular weight is 304 g/mol. The molecule has 1 aliphatic heterocycles. The first-order valence-corrected chi connectivity index (χ1v) is 8.80. The molecule has 0 unspecified atom stereocenters. The smallest absolute Gasteiger partial charge is 0.0928 e. The van der Waals surface area contributed by atoms with Crippen LogP contribution in [-0.4, -0.2) is 26.2 Å². The fourth-order valence-electron chi connectivity index (χ4n) is 3.08. The molecule has 4 nitrogen and oxygen atoms in total. The van der Waals surface area contributed by atoms with Crippen LogP contribution < -0.4 is 0 Å².